The molecule has 0 saturated heterocycles. The van der Waals surface area contributed by atoms with Crippen LogP contribution in [-0.4, -0.2) is 0 Å². The summed E-state index contributed by atoms with van der Waals surface area (Å²) in [4.78, 5) is 0. The highest BCUT2D eigenvalue weighted by Gasteiger charge is 2.20. The van der Waals surface area contributed by atoms with Crippen molar-refractivity contribution in [2.75, 3.05) is 0 Å². The third-order valence-corrected chi connectivity index (χ3v) is 11.4. The van der Waals surface area contributed by atoms with Crippen LogP contribution in [0.15, 0.2) is 191 Å². The van der Waals surface area contributed by atoms with Crippen LogP contribution in [0.4, 0.5) is 0 Å². The average molecular weight is 687 g/mol. The van der Waals surface area contributed by atoms with Gasteiger partial charge in [-0.05, 0) is 107 Å². The second kappa shape index (κ2) is 11.2. The summed E-state index contributed by atoms with van der Waals surface area (Å²) in [6, 6.07) is 65.7. The molecule has 0 fully saturated rings. The molecule has 0 atom stereocenters. The molecule has 10 aromatic carbocycles. The van der Waals surface area contributed by atoms with Crippen molar-refractivity contribution in [3.8, 4) is 33.4 Å². The molecule has 0 amide bonds. The Morgan fingerprint density at radius 3 is 1.69 bits per heavy atom. The van der Waals surface area contributed by atoms with E-state index in [9.17, 15) is 0 Å². The molecule has 54 heavy (non-hydrogen) atoms. The Morgan fingerprint density at radius 1 is 0.278 bits per heavy atom. The van der Waals surface area contributed by atoms with Crippen LogP contribution in [0.5, 0.6) is 0 Å². The number of hydrogen-bond donors (Lipinski definition) is 0. The highest BCUT2D eigenvalue weighted by Crippen LogP contribution is 2.46. The summed E-state index contributed by atoms with van der Waals surface area (Å²) >= 11 is 0. The van der Waals surface area contributed by atoms with Crippen LogP contribution in [0.3, 0.4) is 0 Å². The molecule has 0 radical (unpaired) electrons. The molecule has 2 aromatic heterocycles. The molecular weight excluding hydrogens is 657 g/mol. The van der Waals surface area contributed by atoms with Crippen LogP contribution in [0.25, 0.3) is 120 Å². The van der Waals surface area contributed by atoms with Gasteiger partial charge < -0.3 is 8.83 Å². The molecule has 250 valence electrons. The Labute approximate surface area is 310 Å². The number of furan rings is 2. The van der Waals surface area contributed by atoms with Gasteiger partial charge in [-0.15, -0.1) is 0 Å². The van der Waals surface area contributed by atoms with E-state index in [4.69, 9.17) is 8.83 Å². The highest BCUT2D eigenvalue weighted by atomic mass is 16.3. The van der Waals surface area contributed by atoms with Crippen LogP contribution < -0.4 is 0 Å². The van der Waals surface area contributed by atoms with Crippen LogP contribution >= 0.6 is 0 Å². The van der Waals surface area contributed by atoms with Crippen LogP contribution in [0.1, 0.15) is 0 Å². The topological polar surface area (TPSA) is 26.3 Å². The van der Waals surface area contributed by atoms with Gasteiger partial charge in [-0.25, -0.2) is 0 Å². The predicted octanol–water partition coefficient (Wildman–Crippen LogP) is 15.1. The first-order valence-corrected chi connectivity index (χ1v) is 18.5. The van der Waals surface area contributed by atoms with E-state index in [1.165, 1.54) is 60.1 Å². The van der Waals surface area contributed by atoms with Crippen LogP contribution in [0.2, 0.25) is 0 Å². The van der Waals surface area contributed by atoms with E-state index in [0.29, 0.717) is 0 Å². The van der Waals surface area contributed by atoms with Crippen molar-refractivity contribution in [1.29, 1.82) is 0 Å². The number of benzene rings is 10. The summed E-state index contributed by atoms with van der Waals surface area (Å²) in [5, 5.41) is 14.2. The number of hydrogen-bond acceptors (Lipinski definition) is 2. The maximum Gasteiger partial charge on any atom is 0.144 e. The van der Waals surface area contributed by atoms with Crippen molar-refractivity contribution >= 4 is 87.0 Å². The second-order valence-electron chi connectivity index (χ2n) is 14.3. The minimum Gasteiger partial charge on any atom is -0.456 e. The van der Waals surface area contributed by atoms with Gasteiger partial charge in [0.15, 0.2) is 0 Å². The molecule has 0 unspecified atom stereocenters. The fraction of sp³-hybridized carbons (Fsp3) is 0. The van der Waals surface area contributed by atoms with Gasteiger partial charge in [-0.3, -0.25) is 0 Å². The van der Waals surface area contributed by atoms with Gasteiger partial charge in [0, 0.05) is 26.9 Å². The smallest absolute Gasteiger partial charge is 0.144 e. The maximum atomic E-state index is 6.71. The Hall–Kier alpha value is -7.16. The van der Waals surface area contributed by atoms with Crippen molar-refractivity contribution in [2.45, 2.75) is 0 Å². The SMILES string of the molecule is c1cc(-c2ccc3oc4c(ccc5ccc6oc7ccccc7c6c54)c3c2)cc(-c2c3ccccc3c(-c3cccc4ccccc34)c3ccccc23)c1. The normalized spacial score (nSPS) is 12.1. The van der Waals surface area contributed by atoms with Crippen molar-refractivity contribution in [2.24, 2.45) is 0 Å². The van der Waals surface area contributed by atoms with Gasteiger partial charge in [0.05, 0.1) is 0 Å². The first-order chi connectivity index (χ1) is 26.8. The third-order valence-electron chi connectivity index (χ3n) is 11.4. The van der Waals surface area contributed by atoms with E-state index in [0.717, 1.165) is 60.2 Å². The van der Waals surface area contributed by atoms with E-state index in [1.807, 2.05) is 12.1 Å². The van der Waals surface area contributed by atoms with E-state index in [2.05, 4.69) is 170 Å². The summed E-state index contributed by atoms with van der Waals surface area (Å²) < 4.78 is 13.0. The number of rotatable bonds is 3. The largest absolute Gasteiger partial charge is 0.456 e. The lowest BCUT2D eigenvalue weighted by Crippen LogP contribution is -1.92. The maximum absolute atomic E-state index is 6.71. The Bertz CT molecular complexity index is 3440. The Morgan fingerprint density at radius 2 is 0.870 bits per heavy atom. The monoisotopic (exact) mass is 686 g/mol. The lowest BCUT2D eigenvalue weighted by Gasteiger charge is -2.19. The predicted molar refractivity (Wildman–Crippen MR) is 227 cm³/mol. The molecule has 2 nitrogen and oxygen atoms in total. The number of para-hydroxylation sites is 1. The molecule has 0 aliphatic carbocycles. The van der Waals surface area contributed by atoms with Gasteiger partial charge in [-0.2, -0.15) is 0 Å². The summed E-state index contributed by atoms with van der Waals surface area (Å²) in [7, 11) is 0. The van der Waals surface area contributed by atoms with Crippen molar-refractivity contribution in [3.05, 3.63) is 182 Å². The third kappa shape index (κ3) is 4.17. The molecule has 12 rings (SSSR count). The molecule has 0 spiro atoms. The molecule has 0 bridgehead atoms. The Kier molecular flexibility index (Phi) is 6.09. The second-order valence-corrected chi connectivity index (χ2v) is 14.3. The van der Waals surface area contributed by atoms with Crippen LogP contribution in [0, 0.1) is 0 Å². The summed E-state index contributed by atoms with van der Waals surface area (Å²) in [5.41, 5.74) is 10.8. The number of fused-ring (bicyclic) bond motifs is 12. The molecule has 0 aliphatic heterocycles. The van der Waals surface area contributed by atoms with Gasteiger partial charge in [0.25, 0.3) is 0 Å². The lowest BCUT2D eigenvalue weighted by molar-refractivity contribution is 0.668. The zero-order valence-corrected chi connectivity index (χ0v) is 29.1. The van der Waals surface area contributed by atoms with Gasteiger partial charge in [0.1, 0.15) is 22.3 Å². The quantitative estimate of drug-likeness (QED) is 0.173. The standard InChI is InChI=1S/C52H30O2/c1-2-15-36-31(11-1)12-10-21-37(36)50-40-18-5-3-16-38(40)48(39-17-4-6-19-41(39)50)35-14-9-13-33(29-35)34-25-27-46-44(30-34)42-26-23-32-24-28-47-51(49(32)52(42)54-46)43-20-7-8-22-45(43)53-47/h1-30H. The van der Waals surface area contributed by atoms with Crippen molar-refractivity contribution in [1.82, 2.24) is 0 Å². The zero-order valence-electron chi connectivity index (χ0n) is 29.1. The summed E-state index contributed by atoms with van der Waals surface area (Å²) in [5.74, 6) is 0. The minimum absolute atomic E-state index is 0.874. The molecular formula is C52H30O2. The van der Waals surface area contributed by atoms with Gasteiger partial charge in [-0.1, -0.05) is 146 Å². The molecule has 0 N–H and O–H groups in total. The van der Waals surface area contributed by atoms with Gasteiger partial charge in [0.2, 0.25) is 0 Å². The van der Waals surface area contributed by atoms with Crippen molar-refractivity contribution in [3.63, 3.8) is 0 Å². The van der Waals surface area contributed by atoms with Gasteiger partial charge >= 0.3 is 0 Å². The van der Waals surface area contributed by atoms with Crippen LogP contribution in [-0.2, 0) is 0 Å². The molecule has 12 aromatic rings. The zero-order chi connectivity index (χ0) is 35.3. The van der Waals surface area contributed by atoms with E-state index in [1.54, 1.807) is 0 Å². The summed E-state index contributed by atoms with van der Waals surface area (Å²) in [6.07, 6.45) is 0. The Balaban J connectivity index is 1.06. The fourth-order valence-corrected chi connectivity index (χ4v) is 9.06. The fourth-order valence-electron chi connectivity index (χ4n) is 9.06. The van der Waals surface area contributed by atoms with E-state index in [-0.39, 0.29) is 0 Å². The minimum atomic E-state index is 0.874. The molecule has 0 aliphatic rings. The van der Waals surface area contributed by atoms with E-state index >= 15 is 0 Å². The first kappa shape index (κ1) is 29.4. The average Bonchev–Trinajstić information content (AvgIpc) is 3.81. The first-order valence-electron chi connectivity index (χ1n) is 18.5. The highest BCUT2D eigenvalue weighted by molar-refractivity contribution is 6.28. The molecule has 0 saturated carbocycles. The summed E-state index contributed by atoms with van der Waals surface area (Å²) in [6.45, 7) is 0. The van der Waals surface area contributed by atoms with E-state index < -0.39 is 0 Å². The molecule has 2 heterocycles. The molecule has 2 heteroatoms. The lowest BCUT2D eigenvalue weighted by atomic mass is 9.84. The van der Waals surface area contributed by atoms with Crippen molar-refractivity contribution < 1.29 is 8.83 Å².